The lowest BCUT2D eigenvalue weighted by molar-refractivity contribution is -0.312. The minimum Gasteiger partial charge on any atom is -0.353 e. The molecule has 2 aromatic rings. The van der Waals surface area contributed by atoms with Gasteiger partial charge in [-0.15, -0.1) is 0 Å². The van der Waals surface area contributed by atoms with Crippen molar-refractivity contribution in [2.75, 3.05) is 26.4 Å². The van der Waals surface area contributed by atoms with E-state index in [4.69, 9.17) is 18.9 Å². The van der Waals surface area contributed by atoms with Crippen LogP contribution in [-0.4, -0.2) is 38.5 Å². The highest BCUT2D eigenvalue weighted by Crippen LogP contribution is 2.66. The molecule has 46 heavy (non-hydrogen) atoms. The molecule has 1 spiro atoms. The Kier molecular flexibility index (Phi) is 8.63. The molecule has 0 radical (unpaired) electrons. The molecule has 7 atom stereocenters. The van der Waals surface area contributed by atoms with E-state index < -0.39 is 0 Å². The van der Waals surface area contributed by atoms with Gasteiger partial charge in [-0.1, -0.05) is 68.3 Å². The van der Waals surface area contributed by atoms with Crippen molar-refractivity contribution in [3.63, 3.8) is 0 Å². The highest BCUT2D eigenvalue weighted by molar-refractivity contribution is 7.08. The highest BCUT2D eigenvalue weighted by Gasteiger charge is 2.57. The van der Waals surface area contributed by atoms with Gasteiger partial charge in [0, 0.05) is 30.8 Å². The van der Waals surface area contributed by atoms with Crippen molar-refractivity contribution in [3.8, 4) is 11.1 Å². The molecule has 5 fully saturated rings. The molecule has 8 rings (SSSR count). The van der Waals surface area contributed by atoms with Crippen LogP contribution >= 0.6 is 11.3 Å². The van der Waals surface area contributed by atoms with E-state index in [0.29, 0.717) is 35.7 Å². The van der Waals surface area contributed by atoms with E-state index in [-0.39, 0.29) is 17.5 Å². The van der Waals surface area contributed by atoms with Crippen LogP contribution in [0.5, 0.6) is 0 Å². The zero-order chi connectivity index (χ0) is 31.4. The first-order chi connectivity index (χ1) is 22.3. The Morgan fingerprint density at radius 3 is 2.52 bits per heavy atom. The van der Waals surface area contributed by atoms with Gasteiger partial charge in [-0.2, -0.15) is 11.3 Å². The standard InChI is InChI=1S/C41H54O4S/c1-39(2)26-44-41(45-27-39)19-17-33-30(23-41)13-15-34-36-16-14-32(7-6-21-43-37-8-4-5-20-42-37)40(36,3)24-35(38(33)34)29-11-9-28(10-12-29)31-18-22-46-25-31/h6-7,9-12,18,22,25,30,32,34-37H,4-5,8,13-17,19-21,23-24,26-27H2,1-3H3/b7-6-/t30-,32?,34-,35+,36-,37?,40+/m0/s1. The number of allylic oxidation sites excluding steroid dienone is 3. The molecule has 4 nitrogen and oxygen atoms in total. The molecule has 4 aliphatic carbocycles. The SMILES string of the molecule is CC1(C)COC2(CCC3=C4[C@@H](CC[C@H]3C2)[C@@H]2CCC(/C=C\COC3CCCCO3)[C@@]2(C)C[C@@H]4c2ccc(-c3ccsc3)cc2)OC1. The van der Waals surface area contributed by atoms with E-state index in [0.717, 1.165) is 57.8 Å². The average molecular weight is 643 g/mol. The molecule has 5 heteroatoms. The Labute approximate surface area is 280 Å². The van der Waals surface area contributed by atoms with Gasteiger partial charge in [0.15, 0.2) is 12.1 Å². The van der Waals surface area contributed by atoms with Crippen LogP contribution in [0.25, 0.3) is 11.1 Å². The zero-order valence-electron chi connectivity index (χ0n) is 28.3. The smallest absolute Gasteiger partial charge is 0.169 e. The van der Waals surface area contributed by atoms with Gasteiger partial charge in [-0.05, 0) is 120 Å². The van der Waals surface area contributed by atoms with Crippen molar-refractivity contribution in [2.45, 2.75) is 109 Å². The lowest BCUT2D eigenvalue weighted by atomic mass is 9.51. The maximum absolute atomic E-state index is 6.58. The number of fused-ring (bicyclic) bond motifs is 4. The first kappa shape index (κ1) is 31.5. The minimum atomic E-state index is -0.369. The van der Waals surface area contributed by atoms with E-state index in [1.807, 2.05) is 5.57 Å². The molecule has 0 amide bonds. The lowest BCUT2D eigenvalue weighted by Crippen LogP contribution is -2.51. The van der Waals surface area contributed by atoms with E-state index in [9.17, 15) is 0 Å². The third kappa shape index (κ3) is 5.91. The van der Waals surface area contributed by atoms with E-state index in [2.05, 4.69) is 74.0 Å². The van der Waals surface area contributed by atoms with Gasteiger partial charge in [0.1, 0.15) is 0 Å². The van der Waals surface area contributed by atoms with Crippen molar-refractivity contribution in [3.05, 3.63) is 70.0 Å². The van der Waals surface area contributed by atoms with Gasteiger partial charge in [0.25, 0.3) is 0 Å². The number of hydrogen-bond acceptors (Lipinski definition) is 5. The molecule has 0 bridgehead atoms. The van der Waals surface area contributed by atoms with Crippen LogP contribution in [0.1, 0.15) is 103 Å². The Morgan fingerprint density at radius 1 is 0.913 bits per heavy atom. The number of ether oxygens (including phenoxy) is 4. The summed E-state index contributed by atoms with van der Waals surface area (Å²) in [5.74, 6) is 2.77. The molecule has 1 aromatic heterocycles. The van der Waals surface area contributed by atoms with E-state index in [1.165, 1.54) is 55.2 Å². The fraction of sp³-hybridized carbons (Fsp3) is 0.659. The fourth-order valence-electron chi connectivity index (χ4n) is 10.4. The first-order valence-electron chi connectivity index (χ1n) is 18.4. The number of hydrogen-bond donors (Lipinski definition) is 0. The average Bonchev–Trinajstić information content (AvgIpc) is 3.73. The number of rotatable bonds is 6. The molecule has 248 valence electrons. The van der Waals surface area contributed by atoms with Crippen LogP contribution in [0.3, 0.4) is 0 Å². The molecule has 2 unspecified atom stereocenters. The summed E-state index contributed by atoms with van der Waals surface area (Å²) in [7, 11) is 0. The van der Waals surface area contributed by atoms with Crippen molar-refractivity contribution in [1.29, 1.82) is 0 Å². The van der Waals surface area contributed by atoms with Crippen LogP contribution in [0.4, 0.5) is 0 Å². The molecule has 0 N–H and O–H groups in total. The van der Waals surface area contributed by atoms with Crippen molar-refractivity contribution < 1.29 is 18.9 Å². The second-order valence-electron chi connectivity index (χ2n) is 16.5. The van der Waals surface area contributed by atoms with Gasteiger partial charge < -0.3 is 18.9 Å². The highest BCUT2D eigenvalue weighted by atomic mass is 32.1. The number of benzene rings is 1. The molecule has 2 saturated heterocycles. The van der Waals surface area contributed by atoms with Gasteiger partial charge in [-0.25, -0.2) is 0 Å². The molecular weight excluding hydrogens is 589 g/mol. The third-order valence-electron chi connectivity index (χ3n) is 12.9. The van der Waals surface area contributed by atoms with Gasteiger partial charge >= 0.3 is 0 Å². The monoisotopic (exact) mass is 642 g/mol. The predicted octanol–water partition coefficient (Wildman–Crippen LogP) is 10.3. The maximum atomic E-state index is 6.58. The zero-order valence-corrected chi connectivity index (χ0v) is 29.1. The van der Waals surface area contributed by atoms with Gasteiger partial charge in [0.05, 0.1) is 19.8 Å². The quantitative estimate of drug-likeness (QED) is 0.294. The molecule has 3 heterocycles. The maximum Gasteiger partial charge on any atom is 0.169 e. The summed E-state index contributed by atoms with van der Waals surface area (Å²) in [6, 6.07) is 11.9. The third-order valence-corrected chi connectivity index (χ3v) is 13.6. The lowest BCUT2D eigenvalue weighted by Gasteiger charge is -2.55. The molecule has 2 aliphatic heterocycles. The van der Waals surface area contributed by atoms with Gasteiger partial charge in [0.2, 0.25) is 0 Å². The second-order valence-corrected chi connectivity index (χ2v) is 17.2. The number of thiophene rings is 1. The molecule has 6 aliphatic rings. The van der Waals surface area contributed by atoms with Crippen LogP contribution in [0.15, 0.2) is 64.4 Å². The predicted molar refractivity (Wildman–Crippen MR) is 186 cm³/mol. The molecule has 3 saturated carbocycles. The topological polar surface area (TPSA) is 36.9 Å². The molecular formula is C41H54O4S. The second kappa shape index (κ2) is 12.6. The first-order valence-corrected chi connectivity index (χ1v) is 19.3. The minimum absolute atomic E-state index is 0.0173. The summed E-state index contributed by atoms with van der Waals surface area (Å²) in [6.07, 6.45) is 17.9. The molecule has 1 aromatic carbocycles. The summed E-state index contributed by atoms with van der Waals surface area (Å²) in [4.78, 5) is 0. The summed E-state index contributed by atoms with van der Waals surface area (Å²) in [5, 5.41) is 4.45. The van der Waals surface area contributed by atoms with Crippen LogP contribution < -0.4 is 0 Å². The van der Waals surface area contributed by atoms with Gasteiger partial charge in [-0.3, -0.25) is 0 Å². The van der Waals surface area contributed by atoms with Crippen LogP contribution in [0.2, 0.25) is 0 Å². The fourth-order valence-corrected chi connectivity index (χ4v) is 11.1. The Hall–Kier alpha value is -1.76. The largest absolute Gasteiger partial charge is 0.353 e. The van der Waals surface area contributed by atoms with E-state index in [1.54, 1.807) is 16.9 Å². The normalized spacial score (nSPS) is 36.8. The summed E-state index contributed by atoms with van der Waals surface area (Å²) in [5.41, 5.74) is 8.21. The summed E-state index contributed by atoms with van der Waals surface area (Å²) < 4.78 is 25.1. The Balaban J connectivity index is 1.08. The van der Waals surface area contributed by atoms with Crippen LogP contribution in [-0.2, 0) is 18.9 Å². The summed E-state index contributed by atoms with van der Waals surface area (Å²) in [6.45, 7) is 10.3. The van der Waals surface area contributed by atoms with E-state index >= 15 is 0 Å². The van der Waals surface area contributed by atoms with Crippen molar-refractivity contribution in [1.82, 2.24) is 0 Å². The van der Waals surface area contributed by atoms with Crippen LogP contribution in [0, 0.1) is 34.5 Å². The van der Waals surface area contributed by atoms with Crippen molar-refractivity contribution in [2.24, 2.45) is 34.5 Å². The Morgan fingerprint density at radius 2 is 1.76 bits per heavy atom. The van der Waals surface area contributed by atoms with Crippen molar-refractivity contribution >= 4 is 11.3 Å². The Bertz CT molecular complexity index is 1410. The summed E-state index contributed by atoms with van der Waals surface area (Å²) >= 11 is 1.78.